The number of hydrogen-bond donors (Lipinski definition) is 1. The predicted octanol–water partition coefficient (Wildman–Crippen LogP) is 2.96. The Morgan fingerprint density at radius 2 is 2.14 bits per heavy atom. The molecule has 0 bridgehead atoms. The van der Waals surface area contributed by atoms with Gasteiger partial charge in [0, 0.05) is 17.8 Å². The first-order valence-corrected chi connectivity index (χ1v) is 7.27. The van der Waals surface area contributed by atoms with E-state index in [9.17, 15) is 4.79 Å². The summed E-state index contributed by atoms with van der Waals surface area (Å²) in [6, 6.07) is 6.89. The van der Waals surface area contributed by atoms with E-state index in [0.29, 0.717) is 16.5 Å². The van der Waals surface area contributed by atoms with Gasteiger partial charge in [-0.25, -0.2) is 0 Å². The third kappa shape index (κ3) is 4.23. The van der Waals surface area contributed by atoms with Gasteiger partial charge in [-0.15, -0.1) is 0 Å². The van der Waals surface area contributed by atoms with Crippen LogP contribution in [0.3, 0.4) is 0 Å². The molecule has 1 aromatic carbocycles. The van der Waals surface area contributed by atoms with Crippen molar-refractivity contribution in [1.29, 1.82) is 0 Å². The number of aromatic nitrogens is 2. The molecule has 5 nitrogen and oxygen atoms in total. The van der Waals surface area contributed by atoms with Crippen molar-refractivity contribution in [2.45, 2.75) is 19.4 Å². The molecule has 1 saturated carbocycles. The van der Waals surface area contributed by atoms with Gasteiger partial charge in [-0.2, -0.15) is 5.10 Å². The maximum absolute atomic E-state index is 11.8. The number of rotatable bonds is 6. The van der Waals surface area contributed by atoms with E-state index in [2.05, 4.69) is 10.4 Å². The van der Waals surface area contributed by atoms with Gasteiger partial charge in [0.2, 0.25) is 0 Å². The molecular weight excluding hydrogens is 290 g/mol. The second kappa shape index (κ2) is 6.18. The maximum Gasteiger partial charge on any atom is 0.262 e. The zero-order chi connectivity index (χ0) is 14.7. The van der Waals surface area contributed by atoms with Gasteiger partial charge >= 0.3 is 0 Å². The Morgan fingerprint density at radius 1 is 1.38 bits per heavy atom. The van der Waals surface area contributed by atoms with Crippen molar-refractivity contribution in [2.24, 2.45) is 5.92 Å². The highest BCUT2D eigenvalue weighted by Gasteiger charge is 2.22. The number of anilines is 1. The van der Waals surface area contributed by atoms with Crippen molar-refractivity contribution in [3.05, 3.63) is 41.7 Å². The summed E-state index contributed by atoms with van der Waals surface area (Å²) in [5.74, 6) is 1.15. The van der Waals surface area contributed by atoms with Crippen molar-refractivity contribution in [1.82, 2.24) is 9.78 Å². The molecule has 1 heterocycles. The molecule has 1 aliphatic rings. The Bertz CT molecular complexity index is 620. The Morgan fingerprint density at radius 3 is 2.86 bits per heavy atom. The van der Waals surface area contributed by atoms with Crippen molar-refractivity contribution in [3.63, 3.8) is 0 Å². The highest BCUT2D eigenvalue weighted by atomic mass is 35.5. The van der Waals surface area contributed by atoms with Gasteiger partial charge in [-0.05, 0) is 43.0 Å². The fourth-order valence-corrected chi connectivity index (χ4v) is 2.10. The zero-order valence-electron chi connectivity index (χ0n) is 11.5. The summed E-state index contributed by atoms with van der Waals surface area (Å²) in [4.78, 5) is 11.8. The number of nitrogens with zero attached hydrogens (tertiary/aromatic N) is 2. The first-order valence-electron chi connectivity index (χ1n) is 6.90. The smallest absolute Gasteiger partial charge is 0.262 e. The molecule has 21 heavy (non-hydrogen) atoms. The third-order valence-electron chi connectivity index (χ3n) is 3.24. The Balaban J connectivity index is 1.46. The number of halogens is 1. The quantitative estimate of drug-likeness (QED) is 0.892. The van der Waals surface area contributed by atoms with Crippen LogP contribution in [-0.2, 0) is 11.3 Å². The van der Waals surface area contributed by atoms with E-state index >= 15 is 0 Å². The molecule has 1 fully saturated rings. The summed E-state index contributed by atoms with van der Waals surface area (Å²) in [5, 5.41) is 7.62. The SMILES string of the molecule is O=C(COc1ccc(Cl)cc1)Nc1cnn(CC2CC2)c1. The predicted molar refractivity (Wildman–Crippen MR) is 80.5 cm³/mol. The lowest BCUT2D eigenvalue weighted by Gasteiger charge is -2.06. The summed E-state index contributed by atoms with van der Waals surface area (Å²) < 4.78 is 7.25. The number of carbonyl (C=O) groups is 1. The number of carbonyl (C=O) groups excluding carboxylic acids is 1. The molecule has 0 unspecified atom stereocenters. The van der Waals surface area contributed by atoms with Crippen LogP contribution >= 0.6 is 11.6 Å². The second-order valence-corrected chi connectivity index (χ2v) is 5.62. The molecule has 0 atom stereocenters. The molecule has 0 aliphatic heterocycles. The van der Waals surface area contributed by atoms with E-state index in [1.54, 1.807) is 30.5 Å². The number of nitrogens with one attached hydrogen (secondary N) is 1. The molecule has 0 saturated heterocycles. The van der Waals surface area contributed by atoms with Gasteiger partial charge in [0.1, 0.15) is 5.75 Å². The minimum Gasteiger partial charge on any atom is -0.484 e. The van der Waals surface area contributed by atoms with Crippen LogP contribution < -0.4 is 10.1 Å². The normalized spacial score (nSPS) is 14.0. The second-order valence-electron chi connectivity index (χ2n) is 5.19. The van der Waals surface area contributed by atoms with Crippen LogP contribution in [-0.4, -0.2) is 22.3 Å². The van der Waals surface area contributed by atoms with Crippen LogP contribution in [0.4, 0.5) is 5.69 Å². The van der Waals surface area contributed by atoms with Gasteiger partial charge in [-0.3, -0.25) is 9.48 Å². The first-order chi connectivity index (χ1) is 10.2. The Hall–Kier alpha value is -2.01. The standard InChI is InChI=1S/C15H16ClN3O2/c16-12-3-5-14(6-4-12)21-10-15(20)18-13-7-17-19(9-13)8-11-1-2-11/h3-7,9,11H,1-2,8,10H2,(H,18,20). The summed E-state index contributed by atoms with van der Waals surface area (Å²) >= 11 is 5.78. The summed E-state index contributed by atoms with van der Waals surface area (Å²) in [7, 11) is 0. The Labute approximate surface area is 127 Å². The molecule has 2 aromatic rings. The van der Waals surface area contributed by atoms with Gasteiger partial charge in [-0.1, -0.05) is 11.6 Å². The molecule has 0 radical (unpaired) electrons. The van der Waals surface area contributed by atoms with Crippen LogP contribution in [0, 0.1) is 5.92 Å². The van der Waals surface area contributed by atoms with E-state index in [0.717, 1.165) is 12.5 Å². The monoisotopic (exact) mass is 305 g/mol. The van der Waals surface area contributed by atoms with Gasteiger partial charge in [0.25, 0.3) is 5.91 Å². The minimum atomic E-state index is -0.212. The molecular formula is C15H16ClN3O2. The largest absolute Gasteiger partial charge is 0.484 e. The fraction of sp³-hybridized carbons (Fsp3) is 0.333. The van der Waals surface area contributed by atoms with Crippen molar-refractivity contribution < 1.29 is 9.53 Å². The molecule has 3 rings (SSSR count). The maximum atomic E-state index is 11.8. The molecule has 1 N–H and O–H groups in total. The third-order valence-corrected chi connectivity index (χ3v) is 3.49. The summed E-state index contributed by atoms with van der Waals surface area (Å²) in [5.41, 5.74) is 0.695. The number of amides is 1. The van der Waals surface area contributed by atoms with Crippen LogP contribution in [0.15, 0.2) is 36.7 Å². The topological polar surface area (TPSA) is 56.1 Å². The van der Waals surface area contributed by atoms with Crippen molar-refractivity contribution >= 4 is 23.2 Å². The molecule has 0 spiro atoms. The zero-order valence-corrected chi connectivity index (χ0v) is 12.2. The number of benzene rings is 1. The average Bonchev–Trinajstić information content (AvgIpc) is 3.17. The van der Waals surface area contributed by atoms with E-state index in [4.69, 9.17) is 16.3 Å². The highest BCUT2D eigenvalue weighted by Crippen LogP contribution is 2.30. The van der Waals surface area contributed by atoms with Crippen LogP contribution in [0.1, 0.15) is 12.8 Å². The van der Waals surface area contributed by atoms with Crippen LogP contribution in [0.2, 0.25) is 5.02 Å². The lowest BCUT2D eigenvalue weighted by molar-refractivity contribution is -0.118. The van der Waals surface area contributed by atoms with Gasteiger partial charge in [0.15, 0.2) is 6.61 Å². The molecule has 1 aliphatic carbocycles. The Kier molecular flexibility index (Phi) is 4.10. The van der Waals surface area contributed by atoms with Crippen LogP contribution in [0.5, 0.6) is 5.75 Å². The summed E-state index contributed by atoms with van der Waals surface area (Å²) in [6.07, 6.45) is 6.05. The number of hydrogen-bond acceptors (Lipinski definition) is 3. The van der Waals surface area contributed by atoms with Crippen molar-refractivity contribution in [3.8, 4) is 5.75 Å². The molecule has 1 aromatic heterocycles. The molecule has 6 heteroatoms. The highest BCUT2D eigenvalue weighted by molar-refractivity contribution is 6.30. The van der Waals surface area contributed by atoms with Gasteiger partial charge in [0.05, 0.1) is 11.9 Å². The minimum absolute atomic E-state index is 0.0462. The molecule has 110 valence electrons. The van der Waals surface area contributed by atoms with Crippen molar-refractivity contribution in [2.75, 3.05) is 11.9 Å². The first kappa shape index (κ1) is 13.9. The number of ether oxygens (including phenoxy) is 1. The lowest BCUT2D eigenvalue weighted by atomic mass is 10.3. The van der Waals surface area contributed by atoms with E-state index in [1.165, 1.54) is 12.8 Å². The average molecular weight is 306 g/mol. The summed E-state index contributed by atoms with van der Waals surface area (Å²) in [6.45, 7) is 0.882. The lowest BCUT2D eigenvalue weighted by Crippen LogP contribution is -2.19. The fourth-order valence-electron chi connectivity index (χ4n) is 1.97. The molecule has 1 amide bonds. The van der Waals surface area contributed by atoms with Crippen LogP contribution in [0.25, 0.3) is 0 Å². The van der Waals surface area contributed by atoms with E-state index < -0.39 is 0 Å². The van der Waals surface area contributed by atoms with E-state index in [1.807, 2.05) is 10.9 Å². The van der Waals surface area contributed by atoms with Gasteiger partial charge < -0.3 is 10.1 Å². The van der Waals surface area contributed by atoms with E-state index in [-0.39, 0.29) is 12.5 Å².